The molecule has 4 nitrogen and oxygen atoms in total. The normalized spacial score (nSPS) is 12.8. The van der Waals surface area contributed by atoms with Gasteiger partial charge in [-0.15, -0.1) is 0 Å². The van der Waals surface area contributed by atoms with Gasteiger partial charge in [0.2, 0.25) is 5.78 Å². The Bertz CT molecular complexity index is 532. The van der Waals surface area contributed by atoms with Crippen LogP contribution in [0, 0.1) is 5.82 Å². The van der Waals surface area contributed by atoms with E-state index in [1.807, 2.05) is 5.32 Å². The molecule has 7 heteroatoms. The molecule has 1 rings (SSSR count). The summed E-state index contributed by atoms with van der Waals surface area (Å²) in [6.07, 6.45) is -1.83. The lowest BCUT2D eigenvalue weighted by Gasteiger charge is -2.19. The minimum Gasteiger partial charge on any atom is -0.465 e. The summed E-state index contributed by atoms with van der Waals surface area (Å²) >= 11 is 0. The Kier molecular flexibility index (Phi) is 4.75. The summed E-state index contributed by atoms with van der Waals surface area (Å²) in [5.74, 6) is -6.61. The van der Waals surface area contributed by atoms with Gasteiger partial charge in [0.1, 0.15) is 5.82 Å². The zero-order chi connectivity index (χ0) is 15.5. The number of carboxylic acid groups (broad SMARTS) is 1. The third-order valence-corrected chi connectivity index (χ3v) is 2.84. The molecule has 0 aliphatic heterocycles. The van der Waals surface area contributed by atoms with Gasteiger partial charge >= 0.3 is 12.0 Å². The molecule has 0 fully saturated rings. The maximum absolute atomic E-state index is 14.1. The number of carbonyl (C=O) groups excluding carboxylic acids is 1. The van der Waals surface area contributed by atoms with Crippen LogP contribution in [0.5, 0.6) is 0 Å². The number of ketones is 1. The number of Topliss-reactive ketones (excluding diaryl/α,β-unsaturated/α-hetero) is 1. The van der Waals surface area contributed by atoms with E-state index in [-0.39, 0.29) is 5.56 Å². The highest BCUT2D eigenvalue weighted by atomic mass is 19.3. The molecule has 1 aromatic rings. The molecule has 110 valence electrons. The van der Waals surface area contributed by atoms with Crippen molar-refractivity contribution in [3.8, 4) is 0 Å². The minimum absolute atomic E-state index is 0.242. The zero-order valence-corrected chi connectivity index (χ0v) is 10.9. The van der Waals surface area contributed by atoms with Crippen molar-refractivity contribution in [1.82, 2.24) is 5.32 Å². The van der Waals surface area contributed by atoms with Crippen molar-refractivity contribution in [1.29, 1.82) is 0 Å². The summed E-state index contributed by atoms with van der Waals surface area (Å²) in [6, 6.07) is 2.15. The molecule has 0 aliphatic rings. The Morgan fingerprint density at radius 1 is 1.40 bits per heavy atom. The number of hydrogen-bond acceptors (Lipinski definition) is 2. The fraction of sp³-hybridized carbons (Fsp3) is 0.385. The largest absolute Gasteiger partial charge is 0.465 e. The van der Waals surface area contributed by atoms with E-state index in [0.29, 0.717) is 0 Å². The molecule has 1 aromatic carbocycles. The maximum Gasteiger partial charge on any atom is 0.405 e. The molecule has 1 amide bonds. The molecule has 0 radical (unpaired) electrons. The Morgan fingerprint density at radius 3 is 2.50 bits per heavy atom. The van der Waals surface area contributed by atoms with Crippen LogP contribution in [0.4, 0.5) is 18.0 Å². The highest BCUT2D eigenvalue weighted by molar-refractivity contribution is 5.86. The second-order valence-corrected chi connectivity index (χ2v) is 4.23. The van der Waals surface area contributed by atoms with Gasteiger partial charge in [-0.05, 0) is 13.0 Å². The van der Waals surface area contributed by atoms with Gasteiger partial charge in [0.15, 0.2) is 0 Å². The third-order valence-electron chi connectivity index (χ3n) is 2.84. The molecule has 0 saturated carbocycles. The molecule has 0 aromatic heterocycles. The quantitative estimate of drug-likeness (QED) is 0.874. The van der Waals surface area contributed by atoms with Gasteiger partial charge in [0.05, 0.1) is 11.6 Å². The van der Waals surface area contributed by atoms with Crippen molar-refractivity contribution in [3.63, 3.8) is 0 Å². The Hall–Kier alpha value is -2.05. The number of alkyl halides is 2. The van der Waals surface area contributed by atoms with Crippen LogP contribution in [0.2, 0.25) is 0 Å². The predicted octanol–water partition coefficient (Wildman–Crippen LogP) is 3.23. The van der Waals surface area contributed by atoms with Crippen LogP contribution in [-0.4, -0.2) is 17.0 Å². The van der Waals surface area contributed by atoms with Crippen molar-refractivity contribution in [3.05, 3.63) is 35.1 Å². The van der Waals surface area contributed by atoms with Gasteiger partial charge < -0.3 is 10.4 Å². The smallest absolute Gasteiger partial charge is 0.405 e. The van der Waals surface area contributed by atoms with Crippen LogP contribution in [0.15, 0.2) is 18.2 Å². The molecule has 20 heavy (non-hydrogen) atoms. The van der Waals surface area contributed by atoms with Crippen molar-refractivity contribution in [2.45, 2.75) is 32.2 Å². The van der Waals surface area contributed by atoms with Crippen molar-refractivity contribution in [2.24, 2.45) is 0 Å². The summed E-state index contributed by atoms with van der Waals surface area (Å²) in [4.78, 5) is 21.7. The third kappa shape index (κ3) is 3.09. The number of nitrogens with one attached hydrogen (secondary N) is 1. The van der Waals surface area contributed by atoms with E-state index in [0.717, 1.165) is 12.1 Å². The van der Waals surface area contributed by atoms with Crippen LogP contribution in [0.1, 0.15) is 37.4 Å². The lowest BCUT2D eigenvalue weighted by molar-refractivity contribution is -0.144. The number of benzene rings is 1. The first-order chi connectivity index (χ1) is 9.21. The van der Waals surface area contributed by atoms with E-state index >= 15 is 0 Å². The molecule has 2 N–H and O–H groups in total. The zero-order valence-electron chi connectivity index (χ0n) is 10.9. The summed E-state index contributed by atoms with van der Waals surface area (Å²) in [7, 11) is 0. The first-order valence-corrected chi connectivity index (χ1v) is 5.91. The van der Waals surface area contributed by atoms with Gasteiger partial charge in [0, 0.05) is 12.0 Å². The van der Waals surface area contributed by atoms with Crippen molar-refractivity contribution in [2.75, 3.05) is 0 Å². The van der Waals surface area contributed by atoms with E-state index < -0.39 is 41.6 Å². The number of rotatable bonds is 5. The lowest BCUT2D eigenvalue weighted by Crippen LogP contribution is -2.29. The summed E-state index contributed by atoms with van der Waals surface area (Å²) in [5, 5.41) is 10.5. The summed E-state index contributed by atoms with van der Waals surface area (Å²) < 4.78 is 41.7. The van der Waals surface area contributed by atoms with Crippen molar-refractivity contribution < 1.29 is 27.9 Å². The first-order valence-electron chi connectivity index (χ1n) is 5.91. The second kappa shape index (κ2) is 5.94. The Balaban J connectivity index is 3.26. The SMILES string of the molecule is CCC(=O)C(F)(F)c1cccc([C@@H](C)NC(=O)O)c1F. The van der Waals surface area contributed by atoms with Crippen LogP contribution in [0.3, 0.4) is 0 Å². The first kappa shape index (κ1) is 16.0. The fourth-order valence-corrected chi connectivity index (χ4v) is 1.76. The molecule has 0 aliphatic carbocycles. The van der Waals surface area contributed by atoms with E-state index in [1.54, 1.807) is 0 Å². The van der Waals surface area contributed by atoms with E-state index in [2.05, 4.69) is 0 Å². The number of hydrogen-bond donors (Lipinski definition) is 2. The van der Waals surface area contributed by atoms with E-state index in [4.69, 9.17) is 5.11 Å². The van der Waals surface area contributed by atoms with Gasteiger partial charge in [-0.2, -0.15) is 8.78 Å². The van der Waals surface area contributed by atoms with Crippen molar-refractivity contribution >= 4 is 11.9 Å². The Morgan fingerprint density at radius 2 is 2.00 bits per heavy atom. The predicted molar refractivity (Wildman–Crippen MR) is 65.2 cm³/mol. The van der Waals surface area contributed by atoms with Crippen LogP contribution in [0.25, 0.3) is 0 Å². The highest BCUT2D eigenvalue weighted by Gasteiger charge is 2.42. The fourth-order valence-electron chi connectivity index (χ4n) is 1.76. The number of halogens is 3. The van der Waals surface area contributed by atoms with Gasteiger partial charge in [-0.3, -0.25) is 4.79 Å². The maximum atomic E-state index is 14.1. The van der Waals surface area contributed by atoms with E-state index in [1.165, 1.54) is 19.9 Å². The number of carbonyl (C=O) groups is 2. The highest BCUT2D eigenvalue weighted by Crippen LogP contribution is 2.34. The molecular weight excluding hydrogens is 275 g/mol. The van der Waals surface area contributed by atoms with Gasteiger partial charge in [-0.1, -0.05) is 19.1 Å². The van der Waals surface area contributed by atoms with Gasteiger partial charge in [0.25, 0.3) is 0 Å². The standard InChI is InChI=1S/C13H14F3NO3/c1-3-10(18)13(15,16)9-6-4-5-8(11(9)14)7(2)17-12(19)20/h4-7,17H,3H2,1-2H3,(H,19,20)/t7-/m1/s1. The average molecular weight is 289 g/mol. The topological polar surface area (TPSA) is 66.4 Å². The molecule has 0 unspecified atom stereocenters. The molecule has 0 heterocycles. The van der Waals surface area contributed by atoms with Gasteiger partial charge in [-0.25, -0.2) is 9.18 Å². The molecular formula is C13H14F3NO3. The summed E-state index contributed by atoms with van der Waals surface area (Å²) in [5.41, 5.74) is -1.28. The summed E-state index contributed by atoms with van der Waals surface area (Å²) in [6.45, 7) is 2.57. The number of amides is 1. The minimum atomic E-state index is -3.93. The molecule has 0 bridgehead atoms. The second-order valence-electron chi connectivity index (χ2n) is 4.23. The van der Waals surface area contributed by atoms with Crippen LogP contribution in [-0.2, 0) is 10.7 Å². The van der Waals surface area contributed by atoms with Crippen LogP contribution >= 0.6 is 0 Å². The molecule has 1 atom stereocenters. The molecule has 0 spiro atoms. The Labute approximate surface area is 113 Å². The monoisotopic (exact) mass is 289 g/mol. The average Bonchev–Trinajstić information content (AvgIpc) is 2.36. The van der Waals surface area contributed by atoms with Crippen LogP contribution < -0.4 is 5.32 Å². The lowest BCUT2D eigenvalue weighted by atomic mass is 9.97. The molecule has 0 saturated heterocycles. The van der Waals surface area contributed by atoms with E-state index in [9.17, 15) is 22.8 Å².